The summed E-state index contributed by atoms with van der Waals surface area (Å²) in [5.74, 6) is 0. The Morgan fingerprint density at radius 2 is 1.14 bits per heavy atom. The molecule has 130 valence electrons. The molecule has 0 fully saturated rings. The summed E-state index contributed by atoms with van der Waals surface area (Å²) in [6, 6.07) is 0. The summed E-state index contributed by atoms with van der Waals surface area (Å²) < 4.78 is 118. The molecule has 0 saturated heterocycles. The predicted molar refractivity (Wildman–Crippen MR) is 42.9 cm³/mol. The highest BCUT2D eigenvalue weighted by Gasteiger charge is 2.84. The number of carboxylic acid groups (broad SMARTS) is 2. The molecule has 6 nitrogen and oxygen atoms in total. The van der Waals surface area contributed by atoms with Crippen molar-refractivity contribution in [3.05, 3.63) is 0 Å². The van der Waals surface area contributed by atoms with Crippen LogP contribution < -0.4 is 0 Å². The van der Waals surface area contributed by atoms with Gasteiger partial charge in [0.1, 0.15) is 0 Å². The molecule has 2 N–H and O–H groups in total. The average Bonchev–Trinajstić information content (AvgIpc) is 2.17. The maximum Gasteiger partial charge on any atom is 0.507 e. The zero-order valence-corrected chi connectivity index (χ0v) is 9.51. The number of carbonyl (C=O) groups is 2. The lowest BCUT2D eigenvalue weighted by atomic mass is 9.93. The van der Waals surface area contributed by atoms with Gasteiger partial charge in [-0.2, -0.15) is 39.5 Å². The van der Waals surface area contributed by atoms with E-state index in [0.29, 0.717) is 0 Å². The molecule has 15 heteroatoms. The molecular weight excluding hydrogens is 351 g/mol. The van der Waals surface area contributed by atoms with E-state index in [1.165, 1.54) is 0 Å². The summed E-state index contributed by atoms with van der Waals surface area (Å²) in [6.45, 7) is 0. The van der Waals surface area contributed by atoms with Crippen LogP contribution in [-0.2, 0) is 9.47 Å². The second-order valence-corrected chi connectivity index (χ2v) is 3.40. The highest BCUT2D eigenvalue weighted by Crippen LogP contribution is 2.52. The average molecular weight is 354 g/mol. The summed E-state index contributed by atoms with van der Waals surface area (Å²) in [5, 5.41) is 15.8. The number of hydrogen-bond donors (Lipinski definition) is 2. The molecule has 22 heavy (non-hydrogen) atoms. The Kier molecular flexibility index (Phi) is 5.07. The van der Waals surface area contributed by atoms with Crippen molar-refractivity contribution < 1.29 is 68.8 Å². The summed E-state index contributed by atoms with van der Waals surface area (Å²) in [7, 11) is 0. The third-order valence-corrected chi connectivity index (χ3v) is 1.98. The van der Waals surface area contributed by atoms with Gasteiger partial charge in [0, 0.05) is 0 Å². The molecule has 1 unspecified atom stereocenters. The van der Waals surface area contributed by atoms with Gasteiger partial charge in [0.15, 0.2) is 0 Å². The summed E-state index contributed by atoms with van der Waals surface area (Å²) in [5.41, 5.74) is -6.50. The molecule has 0 saturated carbocycles. The molecule has 0 aliphatic carbocycles. The minimum Gasteiger partial charge on any atom is -0.450 e. The third kappa shape index (κ3) is 3.76. The first-order chi connectivity index (χ1) is 9.47. The van der Waals surface area contributed by atoms with Crippen molar-refractivity contribution in [2.24, 2.45) is 0 Å². The SMILES string of the molecule is O=C(O)OC(C(F)(F)F)C(OC(=O)O)(C(F)(F)F)C(F)(F)F. The van der Waals surface area contributed by atoms with Crippen LogP contribution in [-0.4, -0.2) is 52.8 Å². The van der Waals surface area contributed by atoms with E-state index in [4.69, 9.17) is 10.2 Å². The molecule has 0 spiro atoms. The van der Waals surface area contributed by atoms with Crippen molar-refractivity contribution >= 4 is 12.3 Å². The fourth-order valence-corrected chi connectivity index (χ4v) is 1.25. The zero-order chi connectivity index (χ0) is 18.1. The lowest BCUT2D eigenvalue weighted by Gasteiger charge is -2.40. The largest absolute Gasteiger partial charge is 0.507 e. The summed E-state index contributed by atoms with van der Waals surface area (Å²) in [4.78, 5) is 20.0. The van der Waals surface area contributed by atoms with Gasteiger partial charge in [-0.3, -0.25) is 0 Å². The Labute approximate surface area is 113 Å². The van der Waals surface area contributed by atoms with Crippen molar-refractivity contribution in [1.82, 2.24) is 0 Å². The van der Waals surface area contributed by atoms with E-state index in [0.717, 1.165) is 0 Å². The standard InChI is InChI=1S/C7H3F9O6/c8-5(9,10)1(21-2(17)18)4(6(11,12)13,7(14,15)16)22-3(19)20/h1H,(H,17,18)(H,19,20). The van der Waals surface area contributed by atoms with Crippen LogP contribution in [0, 0.1) is 0 Å². The highest BCUT2D eigenvalue weighted by molar-refractivity contribution is 5.59. The molecule has 0 bridgehead atoms. The molecule has 0 rings (SSSR count). The van der Waals surface area contributed by atoms with E-state index < -0.39 is 42.5 Å². The van der Waals surface area contributed by atoms with Gasteiger partial charge in [-0.25, -0.2) is 9.59 Å². The van der Waals surface area contributed by atoms with Gasteiger partial charge in [-0.05, 0) is 0 Å². The van der Waals surface area contributed by atoms with Crippen LogP contribution in [0.1, 0.15) is 0 Å². The summed E-state index contributed by atoms with van der Waals surface area (Å²) in [6.07, 6.45) is -32.5. The van der Waals surface area contributed by atoms with E-state index in [1.807, 2.05) is 0 Å². The molecule has 0 amide bonds. The monoisotopic (exact) mass is 354 g/mol. The van der Waals surface area contributed by atoms with Gasteiger partial charge in [0.05, 0.1) is 0 Å². The highest BCUT2D eigenvalue weighted by atomic mass is 19.4. The van der Waals surface area contributed by atoms with E-state index in [1.54, 1.807) is 0 Å². The quantitative estimate of drug-likeness (QED) is 0.597. The van der Waals surface area contributed by atoms with Crippen molar-refractivity contribution in [3.8, 4) is 0 Å². The van der Waals surface area contributed by atoms with Crippen LogP contribution >= 0.6 is 0 Å². The molecule has 0 aromatic heterocycles. The third-order valence-electron chi connectivity index (χ3n) is 1.98. The normalized spacial score (nSPS) is 15.1. The van der Waals surface area contributed by atoms with Crippen LogP contribution in [0.4, 0.5) is 49.1 Å². The van der Waals surface area contributed by atoms with Gasteiger partial charge in [0.25, 0.3) is 6.10 Å². The second-order valence-electron chi connectivity index (χ2n) is 3.40. The molecule has 0 aromatic carbocycles. The number of hydrogen-bond acceptors (Lipinski definition) is 4. The van der Waals surface area contributed by atoms with Crippen LogP contribution in [0.15, 0.2) is 0 Å². The Bertz CT molecular complexity index is 421. The number of alkyl halides is 9. The molecule has 1 atom stereocenters. The van der Waals surface area contributed by atoms with Crippen LogP contribution in [0.3, 0.4) is 0 Å². The predicted octanol–water partition coefficient (Wildman–Crippen LogP) is 3.17. The fraction of sp³-hybridized carbons (Fsp3) is 0.714. The maximum absolute atomic E-state index is 12.6. The first-order valence-electron chi connectivity index (χ1n) is 4.48. The van der Waals surface area contributed by atoms with Gasteiger partial charge in [-0.1, -0.05) is 0 Å². The molecule has 0 radical (unpaired) electrons. The topological polar surface area (TPSA) is 93.1 Å². The number of rotatable bonds is 3. The zero-order valence-electron chi connectivity index (χ0n) is 9.51. The number of halogens is 9. The van der Waals surface area contributed by atoms with Crippen molar-refractivity contribution in [2.75, 3.05) is 0 Å². The summed E-state index contributed by atoms with van der Waals surface area (Å²) >= 11 is 0. The lowest BCUT2D eigenvalue weighted by Crippen LogP contribution is -2.70. The first kappa shape index (κ1) is 19.9. The molecule has 0 aliphatic heterocycles. The van der Waals surface area contributed by atoms with Gasteiger partial charge in [0.2, 0.25) is 0 Å². The maximum atomic E-state index is 12.6. The van der Waals surface area contributed by atoms with E-state index in [2.05, 4.69) is 9.47 Å². The minimum absolute atomic E-state index is 2.41. The lowest BCUT2D eigenvalue weighted by molar-refractivity contribution is -0.417. The van der Waals surface area contributed by atoms with E-state index in [-0.39, 0.29) is 0 Å². The van der Waals surface area contributed by atoms with Gasteiger partial charge in [-0.15, -0.1) is 0 Å². The Hall–Kier alpha value is -2.09. The van der Waals surface area contributed by atoms with E-state index in [9.17, 15) is 49.1 Å². The Balaban J connectivity index is 6.55. The van der Waals surface area contributed by atoms with Gasteiger partial charge >= 0.3 is 36.4 Å². The van der Waals surface area contributed by atoms with Crippen LogP contribution in [0.2, 0.25) is 0 Å². The van der Waals surface area contributed by atoms with Crippen molar-refractivity contribution in [3.63, 3.8) is 0 Å². The number of ether oxygens (including phenoxy) is 2. The van der Waals surface area contributed by atoms with Crippen LogP contribution in [0.25, 0.3) is 0 Å². The fourth-order valence-electron chi connectivity index (χ4n) is 1.25. The second kappa shape index (κ2) is 5.60. The molecular formula is C7H3F9O6. The molecule has 0 aliphatic rings. The van der Waals surface area contributed by atoms with E-state index >= 15 is 0 Å². The smallest absolute Gasteiger partial charge is 0.450 e. The van der Waals surface area contributed by atoms with Crippen LogP contribution in [0.5, 0.6) is 0 Å². The molecule has 0 heterocycles. The van der Waals surface area contributed by atoms with Crippen molar-refractivity contribution in [2.45, 2.75) is 30.2 Å². The minimum atomic E-state index is -7.04. The Morgan fingerprint density at radius 3 is 1.32 bits per heavy atom. The van der Waals surface area contributed by atoms with Gasteiger partial charge < -0.3 is 19.7 Å². The Morgan fingerprint density at radius 1 is 0.773 bits per heavy atom. The van der Waals surface area contributed by atoms with Crippen molar-refractivity contribution in [1.29, 1.82) is 0 Å². The molecule has 0 aromatic rings. The first-order valence-corrected chi connectivity index (χ1v) is 4.48.